The monoisotopic (exact) mass is 1120 g/mol. The number of benzene rings is 2. The van der Waals surface area contributed by atoms with Gasteiger partial charge in [-0.3, -0.25) is 57.7 Å². The van der Waals surface area contributed by atoms with Crippen molar-refractivity contribution >= 4 is 76.2 Å². The number of aliphatic hydroxyl groups excluding tert-OH is 1. The molecule has 2 atom stereocenters. The topological polar surface area (TPSA) is 336 Å². The van der Waals surface area contributed by atoms with Gasteiger partial charge in [-0.25, -0.2) is 4.79 Å². The van der Waals surface area contributed by atoms with Gasteiger partial charge in [0, 0.05) is 100 Å². The summed E-state index contributed by atoms with van der Waals surface area (Å²) >= 11 is 0. The van der Waals surface area contributed by atoms with Crippen LogP contribution < -0.4 is 38.1 Å². The molecule has 4 aliphatic rings. The van der Waals surface area contributed by atoms with E-state index < -0.39 is 28.7 Å². The second-order valence-corrected chi connectivity index (χ2v) is 21.1. The quantitative estimate of drug-likeness (QED) is 0.0267. The van der Waals surface area contributed by atoms with Gasteiger partial charge in [-0.05, 0) is 132 Å². The summed E-state index contributed by atoms with van der Waals surface area (Å²) in [5.41, 5.74) is 11.5. The molecule has 2 aromatic carbocycles. The van der Waals surface area contributed by atoms with Gasteiger partial charge in [0.15, 0.2) is 0 Å². The fraction of sp³-hybridized carbons (Fsp3) is 0.542. The Balaban J connectivity index is 0.000000301. The Kier molecular flexibility index (Phi) is 25.4. The maximum absolute atomic E-state index is 13.5. The van der Waals surface area contributed by atoms with E-state index in [9.17, 15) is 52.7 Å². The van der Waals surface area contributed by atoms with Crippen LogP contribution >= 0.6 is 0 Å². The molecule has 2 aliphatic carbocycles. The number of hydrogen-bond donors (Lipinski definition) is 8. The van der Waals surface area contributed by atoms with Crippen molar-refractivity contribution in [1.29, 1.82) is 1.43 Å². The van der Waals surface area contributed by atoms with Crippen molar-refractivity contribution in [2.45, 2.75) is 135 Å². The summed E-state index contributed by atoms with van der Waals surface area (Å²) in [6.45, 7) is 2.80. The van der Waals surface area contributed by atoms with E-state index in [1.54, 1.807) is 43.5 Å². The minimum Gasteiger partial charge on any atom is -0.392 e. The van der Waals surface area contributed by atoms with Crippen LogP contribution in [0.2, 0.25) is 0 Å². The number of methoxy groups -OCH3 is 1. The lowest BCUT2D eigenvalue weighted by atomic mass is 9.63. The average molecular weight is 1130 g/mol. The van der Waals surface area contributed by atoms with Gasteiger partial charge in [0.2, 0.25) is 25.1 Å². The van der Waals surface area contributed by atoms with E-state index >= 15 is 0 Å². The molecule has 2 heterocycles. The highest BCUT2D eigenvalue weighted by Crippen LogP contribution is 2.45. The minimum atomic E-state index is -1.15. The lowest BCUT2D eigenvalue weighted by Gasteiger charge is -2.39. The van der Waals surface area contributed by atoms with E-state index in [2.05, 4.69) is 31.7 Å². The molecule has 6 rings (SSSR count). The number of carbonyl (C=O) groups excluding carboxylic acids is 11. The summed E-state index contributed by atoms with van der Waals surface area (Å²) in [6.07, 6.45) is 14.9. The van der Waals surface area contributed by atoms with E-state index in [1.807, 2.05) is 12.1 Å². The largest absolute Gasteiger partial charge is 0.392 e. The number of aliphatic hydroxyl groups is 1. The predicted molar refractivity (Wildman–Crippen MR) is 301 cm³/mol. The molecule has 0 saturated heterocycles. The van der Waals surface area contributed by atoms with Crippen molar-refractivity contribution in [2.24, 2.45) is 34.1 Å². The molecule has 0 unspecified atom stereocenters. The van der Waals surface area contributed by atoms with E-state index in [4.69, 9.17) is 17.6 Å². The number of anilines is 2. The SMILES string of the molecule is COCc1ccc(NC(=O)[C@H](CCCNC(N)=O)CC(=O)C2(C(=O)NCCCCCN3C(=O)C=CC3=O)CCC2)cc1.[2H]OCc1ccc(NC(=O)[C@H](CCCCN)CC(=O)C2(C(=O)NCCCCCN3C(=O)C=CC3=O)CCC2)cc1. The number of nitrogens with two attached hydrogens (primary N) is 2. The zero-order chi connectivity index (χ0) is 59.5. The maximum atomic E-state index is 13.5. The summed E-state index contributed by atoms with van der Waals surface area (Å²) in [4.78, 5) is 140. The summed E-state index contributed by atoms with van der Waals surface area (Å²) in [7, 11) is 1.60. The number of ether oxygens (including phenoxy) is 1. The van der Waals surface area contributed by atoms with Crippen LogP contribution in [0, 0.1) is 22.7 Å². The van der Waals surface area contributed by atoms with Crippen LogP contribution in [0.5, 0.6) is 0 Å². The number of primary amides is 1. The third-order valence-corrected chi connectivity index (χ3v) is 15.4. The number of Topliss-reactive ketones (excluding diaryl/α,β-unsaturated/α-hetero) is 2. The van der Waals surface area contributed by atoms with Crippen molar-refractivity contribution in [3.63, 3.8) is 0 Å². The first-order chi connectivity index (χ1) is 39.5. The molecule has 10 amide bonds. The molecule has 0 spiro atoms. The number of imide groups is 2. The molecule has 10 N–H and O–H groups in total. The third-order valence-electron chi connectivity index (χ3n) is 15.4. The average Bonchev–Trinajstić information content (AvgIpc) is 4.07. The normalized spacial score (nSPS) is 16.5. The Hall–Kier alpha value is -7.43. The highest BCUT2D eigenvalue weighted by atomic mass is 16.5. The Morgan fingerprint density at radius 2 is 1.00 bits per heavy atom. The number of amides is 10. The Labute approximate surface area is 474 Å². The molecular formula is C59H81N9O13. The molecule has 22 heteroatoms. The van der Waals surface area contributed by atoms with Crippen LogP contribution in [0.1, 0.15) is 133 Å². The molecule has 81 heavy (non-hydrogen) atoms. The van der Waals surface area contributed by atoms with E-state index in [0.717, 1.165) is 36.8 Å². The minimum absolute atomic E-state index is 0.0134. The molecule has 22 nitrogen and oxygen atoms in total. The number of nitrogens with one attached hydrogen (secondary N) is 5. The number of hydrogen-bond acceptors (Lipinski definition) is 14. The van der Waals surface area contributed by atoms with Gasteiger partial charge in [-0.1, -0.05) is 43.5 Å². The zero-order valence-corrected chi connectivity index (χ0v) is 46.5. The molecule has 2 aliphatic heterocycles. The fourth-order valence-corrected chi connectivity index (χ4v) is 10.1. The smallest absolute Gasteiger partial charge is 0.312 e. The standard InChI is InChI=1S/C30H41N5O7.C29H40N4O6/c1-42-20-21-8-10-23(11-9-21)34-27(39)22(7-5-17-33-29(31)41)19-24(36)30(14-6-15-30)28(40)32-16-3-2-4-18-35-25(37)12-13-26(35)38;30-16-3-2-7-22(27(38)32-23-10-8-21(20-34)9-11-23)19-24(35)29(14-6-15-29)28(39)31-17-4-1-5-18-33-25(36)12-13-26(33)37/h8-13,22H,2-7,14-20H2,1H3,(H,32,40)(H,34,39)(H3,31,33,41);8-13,22,34H,1-7,14-20,30H2,(H,31,39)(H,32,38)/t2*22-/m11/s1/i;34D. The number of urea groups is 1. The summed E-state index contributed by atoms with van der Waals surface area (Å²) < 4.78 is 12.0. The summed E-state index contributed by atoms with van der Waals surface area (Å²) in [5.74, 6) is -4.16. The fourth-order valence-electron chi connectivity index (χ4n) is 10.1. The Bertz CT molecular complexity index is 2580. The maximum Gasteiger partial charge on any atom is 0.312 e. The molecule has 440 valence electrons. The third kappa shape index (κ3) is 19.1. The summed E-state index contributed by atoms with van der Waals surface area (Å²) in [6, 6.07) is 13.5. The van der Waals surface area contributed by atoms with Crippen LogP contribution in [0.4, 0.5) is 16.2 Å². The highest BCUT2D eigenvalue weighted by Gasteiger charge is 2.52. The van der Waals surface area contributed by atoms with Gasteiger partial charge in [0.1, 0.15) is 22.4 Å². The zero-order valence-electron chi connectivity index (χ0n) is 47.5. The van der Waals surface area contributed by atoms with Gasteiger partial charge in [-0.2, -0.15) is 0 Å². The molecule has 0 bridgehead atoms. The molecule has 2 saturated carbocycles. The number of nitrogens with zero attached hydrogens (tertiary/aromatic N) is 2. The molecular weight excluding hydrogens is 1040 g/mol. The summed E-state index contributed by atoms with van der Waals surface area (Å²) in [5, 5.41) is 18.4. The molecule has 0 radical (unpaired) electrons. The number of ketones is 2. The number of unbranched alkanes of at least 4 members (excludes halogenated alkanes) is 5. The van der Waals surface area contributed by atoms with Crippen molar-refractivity contribution in [2.75, 3.05) is 57.0 Å². The van der Waals surface area contributed by atoms with Gasteiger partial charge in [-0.15, -0.1) is 0 Å². The van der Waals surface area contributed by atoms with Crippen LogP contribution in [0.25, 0.3) is 0 Å². The molecule has 2 aromatic rings. The van der Waals surface area contributed by atoms with E-state index in [-0.39, 0.29) is 84.8 Å². The number of rotatable bonds is 36. The first kappa shape index (κ1) is 62.8. The number of carbonyl (C=O) groups is 11. The van der Waals surface area contributed by atoms with Crippen LogP contribution in [0.15, 0.2) is 72.8 Å². The first-order valence-corrected chi connectivity index (χ1v) is 28.3. The van der Waals surface area contributed by atoms with Crippen molar-refractivity contribution < 1.29 is 62.6 Å². The second kappa shape index (κ2) is 32.7. The Morgan fingerprint density at radius 1 is 0.580 bits per heavy atom. The predicted octanol–water partition coefficient (Wildman–Crippen LogP) is 4.38. The molecule has 0 aromatic heterocycles. The van der Waals surface area contributed by atoms with Crippen LogP contribution in [-0.4, -0.2) is 128 Å². The van der Waals surface area contributed by atoms with Crippen molar-refractivity contribution in [3.8, 4) is 0 Å². The van der Waals surface area contributed by atoms with E-state index in [0.29, 0.717) is 134 Å². The van der Waals surface area contributed by atoms with Gasteiger partial charge < -0.3 is 47.9 Å². The van der Waals surface area contributed by atoms with Gasteiger partial charge in [0.25, 0.3) is 23.6 Å². The Morgan fingerprint density at radius 3 is 1.38 bits per heavy atom. The van der Waals surface area contributed by atoms with Crippen LogP contribution in [0.3, 0.4) is 0 Å². The van der Waals surface area contributed by atoms with Crippen molar-refractivity contribution in [1.82, 2.24) is 25.8 Å². The second-order valence-electron chi connectivity index (χ2n) is 21.1. The first-order valence-electron chi connectivity index (χ1n) is 28.7. The van der Waals surface area contributed by atoms with Crippen molar-refractivity contribution in [3.05, 3.63) is 84.0 Å². The molecule has 2 fully saturated rings. The van der Waals surface area contributed by atoms with Gasteiger partial charge in [0.05, 0.1) is 13.2 Å². The lowest BCUT2D eigenvalue weighted by molar-refractivity contribution is -0.150. The van der Waals surface area contributed by atoms with E-state index in [1.165, 1.54) is 34.1 Å². The highest BCUT2D eigenvalue weighted by molar-refractivity contribution is 6.14. The lowest BCUT2D eigenvalue weighted by Crippen LogP contribution is -2.52. The van der Waals surface area contributed by atoms with Gasteiger partial charge >= 0.3 is 6.03 Å². The van der Waals surface area contributed by atoms with Crippen LogP contribution in [-0.2, 0) is 65.9 Å².